The van der Waals surface area contributed by atoms with Crippen molar-refractivity contribution in [2.75, 3.05) is 7.11 Å². The molecular formula is C26H19NO5S. The summed E-state index contributed by atoms with van der Waals surface area (Å²) in [5.74, 6) is 0.937. The number of methoxy groups -OCH3 is 1. The molecule has 0 saturated heterocycles. The van der Waals surface area contributed by atoms with Crippen molar-refractivity contribution < 1.29 is 18.7 Å². The second-order valence-electron chi connectivity index (χ2n) is 7.53. The first-order valence-corrected chi connectivity index (χ1v) is 11.1. The topological polar surface area (TPSA) is 78.6 Å². The molecule has 0 radical (unpaired) electrons. The molecule has 0 aliphatic rings. The highest BCUT2D eigenvalue weighted by Gasteiger charge is 2.20. The van der Waals surface area contributed by atoms with Crippen molar-refractivity contribution in [3.05, 3.63) is 87.8 Å². The second-order valence-corrected chi connectivity index (χ2v) is 8.56. The average Bonchev–Trinajstić information content (AvgIpc) is 3.25. The Morgan fingerprint density at radius 1 is 1.00 bits per heavy atom. The summed E-state index contributed by atoms with van der Waals surface area (Å²) in [5, 5.41) is 1.04. The van der Waals surface area contributed by atoms with E-state index in [2.05, 4.69) is 4.98 Å². The zero-order valence-electron chi connectivity index (χ0n) is 18.2. The summed E-state index contributed by atoms with van der Waals surface area (Å²) < 4.78 is 17.8. The van der Waals surface area contributed by atoms with E-state index in [0.29, 0.717) is 49.9 Å². The van der Waals surface area contributed by atoms with Gasteiger partial charge in [-0.3, -0.25) is 4.79 Å². The summed E-state index contributed by atoms with van der Waals surface area (Å²) in [6.45, 7) is 3.51. The zero-order valence-corrected chi connectivity index (χ0v) is 19.0. The number of hydrogen-bond acceptors (Lipinski definition) is 7. The van der Waals surface area contributed by atoms with Gasteiger partial charge in [-0.1, -0.05) is 12.1 Å². The van der Waals surface area contributed by atoms with Gasteiger partial charge >= 0.3 is 5.97 Å². The minimum atomic E-state index is -0.509. The lowest BCUT2D eigenvalue weighted by molar-refractivity contribution is 0.0733. The van der Waals surface area contributed by atoms with Gasteiger partial charge in [0.05, 0.1) is 33.8 Å². The molecule has 0 aliphatic carbocycles. The Hall–Kier alpha value is -3.97. The van der Waals surface area contributed by atoms with Gasteiger partial charge < -0.3 is 13.9 Å². The number of hydrogen-bond donors (Lipinski definition) is 0. The molecule has 0 spiro atoms. The maximum atomic E-state index is 13.4. The van der Waals surface area contributed by atoms with Gasteiger partial charge in [-0.2, -0.15) is 0 Å². The van der Waals surface area contributed by atoms with Gasteiger partial charge in [-0.25, -0.2) is 9.78 Å². The van der Waals surface area contributed by atoms with Crippen LogP contribution in [0.25, 0.3) is 31.8 Å². The SMILES string of the molecule is COc1ccc(C(=O)Oc2ccc3c(=O)c(-c4nc5ccccc5s4)c(C)oc3c2C)cc1. The summed E-state index contributed by atoms with van der Waals surface area (Å²) in [6.07, 6.45) is 0. The van der Waals surface area contributed by atoms with E-state index in [9.17, 15) is 9.59 Å². The monoisotopic (exact) mass is 457 g/mol. The van der Waals surface area contributed by atoms with Gasteiger partial charge in [-0.05, 0) is 62.4 Å². The molecule has 0 atom stereocenters. The van der Waals surface area contributed by atoms with Crippen molar-refractivity contribution >= 4 is 38.5 Å². The van der Waals surface area contributed by atoms with Crippen LogP contribution in [0.15, 0.2) is 69.9 Å². The van der Waals surface area contributed by atoms with Crippen LogP contribution in [-0.4, -0.2) is 18.1 Å². The number of benzene rings is 3. The van der Waals surface area contributed by atoms with E-state index in [4.69, 9.17) is 13.9 Å². The molecule has 0 bridgehead atoms. The number of nitrogens with zero attached hydrogens (tertiary/aromatic N) is 1. The van der Waals surface area contributed by atoms with Crippen molar-refractivity contribution in [2.45, 2.75) is 13.8 Å². The fraction of sp³-hybridized carbons (Fsp3) is 0.115. The molecule has 0 N–H and O–H groups in total. The van der Waals surface area contributed by atoms with Crippen LogP contribution in [0.3, 0.4) is 0 Å². The second kappa shape index (κ2) is 8.18. The van der Waals surface area contributed by atoms with Crippen LogP contribution < -0.4 is 14.9 Å². The fourth-order valence-corrected chi connectivity index (χ4v) is 4.76. The highest BCUT2D eigenvalue weighted by Crippen LogP contribution is 2.34. The van der Waals surface area contributed by atoms with Crippen LogP contribution in [0.1, 0.15) is 21.7 Å². The minimum absolute atomic E-state index is 0.163. The van der Waals surface area contributed by atoms with Gasteiger partial charge in [0.2, 0.25) is 5.43 Å². The zero-order chi connectivity index (χ0) is 23.1. The van der Waals surface area contributed by atoms with Crippen LogP contribution in [0.2, 0.25) is 0 Å². The van der Waals surface area contributed by atoms with E-state index in [1.54, 1.807) is 57.4 Å². The van der Waals surface area contributed by atoms with Crippen LogP contribution in [-0.2, 0) is 0 Å². The Balaban J connectivity index is 1.55. The maximum absolute atomic E-state index is 13.4. The Labute approximate surface area is 193 Å². The molecule has 7 heteroatoms. The molecule has 2 heterocycles. The van der Waals surface area contributed by atoms with E-state index >= 15 is 0 Å². The molecule has 164 valence electrons. The van der Waals surface area contributed by atoms with Crippen LogP contribution in [0, 0.1) is 13.8 Å². The van der Waals surface area contributed by atoms with Crippen LogP contribution in [0.4, 0.5) is 0 Å². The molecule has 2 aromatic heterocycles. The molecule has 33 heavy (non-hydrogen) atoms. The van der Waals surface area contributed by atoms with Crippen molar-refractivity contribution in [1.82, 2.24) is 4.98 Å². The predicted molar refractivity (Wildman–Crippen MR) is 129 cm³/mol. The number of rotatable bonds is 4. The number of carbonyl (C=O) groups excluding carboxylic acids is 1. The van der Waals surface area contributed by atoms with E-state index in [0.717, 1.165) is 10.2 Å². The first-order valence-electron chi connectivity index (χ1n) is 10.3. The van der Waals surface area contributed by atoms with Gasteiger partial charge in [0.1, 0.15) is 27.8 Å². The van der Waals surface area contributed by atoms with Crippen molar-refractivity contribution in [1.29, 1.82) is 0 Å². The number of esters is 1. The van der Waals surface area contributed by atoms with E-state index in [1.807, 2.05) is 24.3 Å². The van der Waals surface area contributed by atoms with Crippen LogP contribution in [0.5, 0.6) is 11.5 Å². The third kappa shape index (κ3) is 3.66. The standard InChI is InChI=1S/C26H19NO5S/c1-14-20(32-26(29)16-8-10-17(30-3)11-9-16)13-12-18-23(28)22(15(2)31-24(14)18)25-27-19-6-4-5-7-21(19)33-25/h4-13H,1-3H3. The third-order valence-electron chi connectivity index (χ3n) is 5.47. The summed E-state index contributed by atoms with van der Waals surface area (Å²) in [7, 11) is 1.56. The Kier molecular flexibility index (Phi) is 5.18. The lowest BCUT2D eigenvalue weighted by Gasteiger charge is -2.11. The smallest absolute Gasteiger partial charge is 0.343 e. The molecule has 5 aromatic rings. The highest BCUT2D eigenvalue weighted by molar-refractivity contribution is 7.21. The molecule has 5 rings (SSSR count). The number of aromatic nitrogens is 1. The molecule has 0 fully saturated rings. The first kappa shape index (κ1) is 20.9. The lowest BCUT2D eigenvalue weighted by atomic mass is 10.1. The molecule has 0 saturated carbocycles. The average molecular weight is 458 g/mol. The third-order valence-corrected chi connectivity index (χ3v) is 6.53. The number of ether oxygens (including phenoxy) is 2. The Bertz CT molecular complexity index is 1550. The number of para-hydroxylation sites is 1. The quantitative estimate of drug-likeness (QED) is 0.246. The summed E-state index contributed by atoms with van der Waals surface area (Å²) in [6, 6.07) is 17.6. The van der Waals surface area contributed by atoms with Crippen molar-refractivity contribution in [2.24, 2.45) is 0 Å². The predicted octanol–water partition coefficient (Wildman–Crippen LogP) is 5.91. The number of carbonyl (C=O) groups is 1. The van der Waals surface area contributed by atoms with Crippen molar-refractivity contribution in [3.8, 4) is 22.1 Å². The minimum Gasteiger partial charge on any atom is -0.497 e. The van der Waals surface area contributed by atoms with E-state index in [1.165, 1.54) is 11.3 Å². The van der Waals surface area contributed by atoms with Gasteiger partial charge in [0.25, 0.3) is 0 Å². The van der Waals surface area contributed by atoms with Crippen LogP contribution >= 0.6 is 11.3 Å². The van der Waals surface area contributed by atoms with E-state index < -0.39 is 5.97 Å². The molecule has 0 aliphatic heterocycles. The normalized spacial score (nSPS) is 11.1. The Morgan fingerprint density at radius 2 is 1.76 bits per heavy atom. The first-order chi connectivity index (χ1) is 16.0. The van der Waals surface area contributed by atoms with Gasteiger partial charge in [-0.15, -0.1) is 11.3 Å². The largest absolute Gasteiger partial charge is 0.497 e. The van der Waals surface area contributed by atoms with Gasteiger partial charge in [0.15, 0.2) is 0 Å². The number of aryl methyl sites for hydroxylation is 2. The Morgan fingerprint density at radius 3 is 2.48 bits per heavy atom. The molecular weight excluding hydrogens is 438 g/mol. The number of thiazole rings is 1. The summed E-state index contributed by atoms with van der Waals surface area (Å²) in [5.41, 5.74) is 2.48. The highest BCUT2D eigenvalue weighted by atomic mass is 32.1. The fourth-order valence-electron chi connectivity index (χ4n) is 3.71. The van der Waals surface area contributed by atoms with E-state index in [-0.39, 0.29) is 5.43 Å². The molecule has 0 amide bonds. The van der Waals surface area contributed by atoms with Gasteiger partial charge in [0, 0.05) is 5.56 Å². The molecule has 0 unspecified atom stereocenters. The summed E-state index contributed by atoms with van der Waals surface area (Å²) in [4.78, 5) is 30.6. The van der Waals surface area contributed by atoms with Crippen molar-refractivity contribution in [3.63, 3.8) is 0 Å². The summed E-state index contributed by atoms with van der Waals surface area (Å²) >= 11 is 1.45. The maximum Gasteiger partial charge on any atom is 0.343 e. The molecule has 3 aromatic carbocycles. The molecule has 6 nitrogen and oxygen atoms in total. The number of fused-ring (bicyclic) bond motifs is 2. The lowest BCUT2D eigenvalue weighted by Crippen LogP contribution is -2.11.